The molecule has 6 nitrogen and oxygen atoms in total. The van der Waals surface area contributed by atoms with Crippen molar-refractivity contribution in [2.24, 2.45) is 0 Å². The molecule has 1 rings (SSSR count). The van der Waals surface area contributed by atoms with E-state index in [0.29, 0.717) is 13.1 Å². The second-order valence-electron chi connectivity index (χ2n) is 5.91. The molecule has 1 heterocycles. The van der Waals surface area contributed by atoms with E-state index in [1.54, 1.807) is 14.1 Å². The Labute approximate surface area is 116 Å². The fourth-order valence-corrected chi connectivity index (χ4v) is 1.81. The Morgan fingerprint density at radius 1 is 1.26 bits per heavy atom. The number of nitrogens with zero attached hydrogens (tertiary/aromatic N) is 3. The van der Waals surface area contributed by atoms with Gasteiger partial charge in [-0.15, -0.1) is 0 Å². The summed E-state index contributed by atoms with van der Waals surface area (Å²) in [6, 6.07) is -0.517. The number of rotatable bonds is 1. The summed E-state index contributed by atoms with van der Waals surface area (Å²) in [5.41, 5.74) is -0.544. The molecule has 7 heteroatoms. The average Bonchev–Trinajstić information content (AvgIpc) is 2.26. The van der Waals surface area contributed by atoms with Crippen LogP contribution in [0.5, 0.6) is 0 Å². The summed E-state index contributed by atoms with van der Waals surface area (Å²) >= 11 is 0. The number of hydrogen-bond donors (Lipinski definition) is 0. The predicted molar refractivity (Wildman–Crippen MR) is 72.7 cm³/mol. The Bertz CT molecular complexity index is 355. The maximum absolute atomic E-state index is 12.0. The van der Waals surface area contributed by atoms with Gasteiger partial charge in [0.2, 0.25) is 5.91 Å². The number of amides is 2. The number of carbonyl (C=O) groups excluding carboxylic acids is 2. The van der Waals surface area contributed by atoms with Crippen LogP contribution in [0.25, 0.3) is 0 Å². The molecule has 0 aromatic carbocycles. The molecule has 1 atom stereocenters. The van der Waals surface area contributed by atoms with E-state index in [1.165, 1.54) is 14.6 Å². The second-order valence-corrected chi connectivity index (χ2v) is 5.91. The number of piperazine rings is 1. The van der Waals surface area contributed by atoms with Crippen molar-refractivity contribution in [2.45, 2.75) is 32.4 Å². The molecule has 1 saturated heterocycles. The first-order valence-corrected chi connectivity index (χ1v) is 6.32. The molecular formula is C12H22BN3O3. The largest absolute Gasteiger partial charge is 0.444 e. The van der Waals surface area contributed by atoms with E-state index < -0.39 is 17.7 Å². The van der Waals surface area contributed by atoms with E-state index in [-0.39, 0.29) is 12.5 Å². The third kappa shape index (κ3) is 4.42. The van der Waals surface area contributed by atoms with Crippen LogP contribution in [0.4, 0.5) is 4.79 Å². The van der Waals surface area contributed by atoms with Gasteiger partial charge in [0.15, 0.2) is 7.98 Å². The predicted octanol–water partition coefficient (Wildman–Crippen LogP) is 0.0794. The third-order valence-electron chi connectivity index (χ3n) is 2.80. The van der Waals surface area contributed by atoms with Gasteiger partial charge in [-0.3, -0.25) is 4.79 Å². The van der Waals surface area contributed by atoms with E-state index in [4.69, 9.17) is 12.7 Å². The molecule has 1 aliphatic rings. The highest BCUT2D eigenvalue weighted by molar-refractivity contribution is 6.07. The number of ether oxygens (including phenoxy) is 1. The SMILES string of the molecule is [B]N1CCN(C(=O)OC(C)(C)C)CC1C(=O)N(C)C. The van der Waals surface area contributed by atoms with Crippen LogP contribution in [0.2, 0.25) is 0 Å². The maximum Gasteiger partial charge on any atom is 0.410 e. The Kier molecular flexibility index (Phi) is 4.84. The molecule has 0 aliphatic carbocycles. The molecule has 0 saturated carbocycles. The van der Waals surface area contributed by atoms with Crippen LogP contribution < -0.4 is 0 Å². The van der Waals surface area contributed by atoms with Gasteiger partial charge in [0.1, 0.15) is 5.60 Å². The average molecular weight is 267 g/mol. The highest BCUT2D eigenvalue weighted by Gasteiger charge is 2.34. The molecule has 0 bridgehead atoms. The van der Waals surface area contributed by atoms with Gasteiger partial charge < -0.3 is 19.3 Å². The van der Waals surface area contributed by atoms with E-state index in [1.807, 2.05) is 20.8 Å². The zero-order valence-corrected chi connectivity index (χ0v) is 12.3. The highest BCUT2D eigenvalue weighted by Crippen LogP contribution is 2.14. The summed E-state index contributed by atoms with van der Waals surface area (Å²) in [7, 11) is 9.15. The van der Waals surface area contributed by atoms with Crippen molar-refractivity contribution in [3.05, 3.63) is 0 Å². The third-order valence-corrected chi connectivity index (χ3v) is 2.80. The second kappa shape index (κ2) is 5.82. The van der Waals surface area contributed by atoms with Crippen LogP contribution in [0.3, 0.4) is 0 Å². The molecule has 2 radical (unpaired) electrons. The Morgan fingerprint density at radius 3 is 2.32 bits per heavy atom. The molecule has 1 fully saturated rings. The molecular weight excluding hydrogens is 245 g/mol. The Hall–Kier alpha value is -1.24. The van der Waals surface area contributed by atoms with Crippen molar-refractivity contribution < 1.29 is 14.3 Å². The fourth-order valence-electron chi connectivity index (χ4n) is 1.81. The van der Waals surface area contributed by atoms with Gasteiger partial charge in [0, 0.05) is 33.7 Å². The summed E-state index contributed by atoms with van der Waals surface area (Å²) in [6.45, 7) is 6.60. The molecule has 0 aromatic rings. The van der Waals surface area contributed by atoms with Gasteiger partial charge in [0.25, 0.3) is 0 Å². The van der Waals surface area contributed by atoms with Crippen molar-refractivity contribution in [3.63, 3.8) is 0 Å². The zero-order valence-electron chi connectivity index (χ0n) is 12.3. The van der Waals surface area contributed by atoms with Crippen molar-refractivity contribution in [1.29, 1.82) is 0 Å². The maximum atomic E-state index is 12.0. The fraction of sp³-hybridized carbons (Fsp3) is 0.833. The van der Waals surface area contributed by atoms with Crippen molar-refractivity contribution >= 4 is 20.0 Å². The Morgan fingerprint density at radius 2 is 1.84 bits per heavy atom. The van der Waals surface area contributed by atoms with Crippen LogP contribution in [-0.4, -0.2) is 80.0 Å². The van der Waals surface area contributed by atoms with Crippen molar-refractivity contribution in [1.82, 2.24) is 14.6 Å². The summed E-state index contributed by atoms with van der Waals surface area (Å²) in [5, 5.41) is 0. The van der Waals surface area contributed by atoms with Crippen LogP contribution in [0.1, 0.15) is 20.8 Å². The first-order valence-electron chi connectivity index (χ1n) is 6.32. The van der Waals surface area contributed by atoms with Gasteiger partial charge >= 0.3 is 6.09 Å². The van der Waals surface area contributed by atoms with E-state index >= 15 is 0 Å². The first kappa shape index (κ1) is 15.8. The highest BCUT2D eigenvalue weighted by atomic mass is 16.6. The Balaban J connectivity index is 2.69. The van der Waals surface area contributed by atoms with E-state index in [2.05, 4.69) is 0 Å². The number of carbonyl (C=O) groups is 2. The molecule has 1 aliphatic heterocycles. The van der Waals surface area contributed by atoms with Crippen LogP contribution in [0, 0.1) is 0 Å². The minimum atomic E-state index is -0.544. The number of likely N-dealkylation sites (N-methyl/N-ethyl adjacent to an activating group) is 1. The van der Waals surface area contributed by atoms with Crippen molar-refractivity contribution in [2.75, 3.05) is 33.7 Å². The number of hydrogen-bond acceptors (Lipinski definition) is 4. The molecule has 0 aromatic heterocycles. The lowest BCUT2D eigenvalue weighted by atomic mass is 10.1. The minimum absolute atomic E-state index is 0.115. The molecule has 19 heavy (non-hydrogen) atoms. The summed E-state index contributed by atoms with van der Waals surface area (Å²) in [4.78, 5) is 28.4. The molecule has 2 amide bonds. The van der Waals surface area contributed by atoms with Crippen LogP contribution in [0.15, 0.2) is 0 Å². The van der Waals surface area contributed by atoms with Gasteiger partial charge in [-0.1, -0.05) is 0 Å². The lowest BCUT2D eigenvalue weighted by molar-refractivity contribution is -0.134. The van der Waals surface area contributed by atoms with E-state index in [9.17, 15) is 9.59 Å². The monoisotopic (exact) mass is 267 g/mol. The molecule has 1 unspecified atom stereocenters. The topological polar surface area (TPSA) is 53.1 Å². The minimum Gasteiger partial charge on any atom is -0.444 e. The van der Waals surface area contributed by atoms with Gasteiger partial charge in [-0.25, -0.2) is 4.79 Å². The van der Waals surface area contributed by atoms with Gasteiger partial charge in [-0.2, -0.15) is 0 Å². The first-order chi connectivity index (χ1) is 8.61. The standard InChI is InChI=1S/C12H22BN3O3/c1-12(2,3)19-11(18)15-6-7-16(13)9(8-15)10(17)14(4)5/h9H,6-8H2,1-5H3. The van der Waals surface area contributed by atoms with E-state index in [0.717, 1.165) is 0 Å². The normalized spacial score (nSPS) is 21.1. The summed E-state index contributed by atoms with van der Waals surface area (Å²) in [6.07, 6.45) is -0.405. The van der Waals surface area contributed by atoms with Gasteiger partial charge in [0.05, 0.1) is 6.04 Å². The van der Waals surface area contributed by atoms with Crippen molar-refractivity contribution in [3.8, 4) is 0 Å². The quantitative estimate of drug-likeness (QED) is 0.631. The molecule has 106 valence electrons. The molecule has 0 spiro atoms. The lowest BCUT2D eigenvalue weighted by Crippen LogP contribution is -2.59. The van der Waals surface area contributed by atoms with Crippen LogP contribution >= 0.6 is 0 Å². The van der Waals surface area contributed by atoms with Crippen LogP contribution in [-0.2, 0) is 9.53 Å². The summed E-state index contributed by atoms with van der Waals surface area (Å²) < 4.78 is 5.30. The van der Waals surface area contributed by atoms with Gasteiger partial charge in [-0.05, 0) is 20.8 Å². The zero-order chi connectivity index (χ0) is 14.8. The summed E-state index contributed by atoms with van der Waals surface area (Å²) in [5.74, 6) is -0.115. The molecule has 0 N–H and O–H groups in total. The smallest absolute Gasteiger partial charge is 0.410 e. The lowest BCUT2D eigenvalue weighted by Gasteiger charge is -2.40.